The lowest BCUT2D eigenvalue weighted by Gasteiger charge is -2.12. The maximum absolute atomic E-state index is 11.7. The fourth-order valence-corrected chi connectivity index (χ4v) is 1.94. The van der Waals surface area contributed by atoms with Gasteiger partial charge in [-0.25, -0.2) is 4.79 Å². The Morgan fingerprint density at radius 3 is 2.61 bits per heavy atom. The minimum Gasteiger partial charge on any atom is -0.479 e. The highest BCUT2D eigenvalue weighted by atomic mass is 16.5. The van der Waals surface area contributed by atoms with E-state index in [-0.39, 0.29) is 12.0 Å². The third-order valence-corrected chi connectivity index (χ3v) is 2.91. The second kappa shape index (κ2) is 5.64. The number of hydrogen-bond donors (Lipinski definition) is 2. The Kier molecular flexibility index (Phi) is 3.94. The van der Waals surface area contributed by atoms with E-state index < -0.39 is 12.1 Å². The van der Waals surface area contributed by atoms with E-state index in [2.05, 4.69) is 5.32 Å². The molecule has 1 aromatic rings. The summed E-state index contributed by atoms with van der Waals surface area (Å²) in [7, 11) is 0. The van der Waals surface area contributed by atoms with Crippen LogP contribution in [0.2, 0.25) is 0 Å². The van der Waals surface area contributed by atoms with Crippen molar-refractivity contribution < 1.29 is 19.4 Å². The molecule has 0 spiro atoms. The molecule has 0 radical (unpaired) electrons. The van der Waals surface area contributed by atoms with Crippen molar-refractivity contribution in [3.8, 4) is 0 Å². The first-order chi connectivity index (χ1) is 8.66. The average molecular weight is 249 g/mol. The van der Waals surface area contributed by atoms with Gasteiger partial charge in [0.05, 0.1) is 6.10 Å². The molecule has 0 aromatic heterocycles. The zero-order chi connectivity index (χ0) is 13.0. The monoisotopic (exact) mass is 249 g/mol. The number of carboxylic acid groups (broad SMARTS) is 1. The Hall–Kier alpha value is -1.88. The fourth-order valence-electron chi connectivity index (χ4n) is 1.94. The Balaban J connectivity index is 1.79. The smallest absolute Gasteiger partial charge is 0.332 e. The van der Waals surface area contributed by atoms with Crippen LogP contribution in [0.15, 0.2) is 30.3 Å². The molecular formula is C13H15NO4. The number of nitrogens with one attached hydrogen (secondary N) is 1. The van der Waals surface area contributed by atoms with Gasteiger partial charge in [-0.05, 0) is 25.0 Å². The molecule has 1 aromatic carbocycles. The highest BCUT2D eigenvalue weighted by Crippen LogP contribution is 2.19. The van der Waals surface area contributed by atoms with Crippen LogP contribution in [-0.4, -0.2) is 35.7 Å². The zero-order valence-electron chi connectivity index (χ0n) is 9.83. The fraction of sp³-hybridized carbons (Fsp3) is 0.385. The van der Waals surface area contributed by atoms with Gasteiger partial charge in [0.2, 0.25) is 0 Å². The van der Waals surface area contributed by atoms with Crippen molar-refractivity contribution in [1.82, 2.24) is 5.32 Å². The predicted octanol–water partition coefficient (Wildman–Crippen LogP) is 1.05. The van der Waals surface area contributed by atoms with Gasteiger partial charge in [-0.2, -0.15) is 0 Å². The topological polar surface area (TPSA) is 75.6 Å². The van der Waals surface area contributed by atoms with Crippen LogP contribution >= 0.6 is 0 Å². The Bertz CT molecular complexity index is 432. The van der Waals surface area contributed by atoms with Gasteiger partial charge in [-0.1, -0.05) is 18.2 Å². The third kappa shape index (κ3) is 3.07. The molecule has 1 aliphatic rings. The highest BCUT2D eigenvalue weighted by Gasteiger charge is 2.30. The maximum atomic E-state index is 11.7. The van der Waals surface area contributed by atoms with Crippen molar-refractivity contribution in [3.63, 3.8) is 0 Å². The summed E-state index contributed by atoms with van der Waals surface area (Å²) in [4.78, 5) is 22.4. The Morgan fingerprint density at radius 1 is 1.28 bits per heavy atom. The normalized spacial score (nSPS) is 22.7. The molecule has 2 atom stereocenters. The van der Waals surface area contributed by atoms with Crippen molar-refractivity contribution in [2.75, 3.05) is 6.54 Å². The number of ether oxygens (including phenoxy) is 1. The molecular weight excluding hydrogens is 234 g/mol. The summed E-state index contributed by atoms with van der Waals surface area (Å²) < 4.78 is 5.29. The quantitative estimate of drug-likeness (QED) is 0.836. The SMILES string of the molecule is O=C(NCC1CCC(C(=O)O)O1)c1ccccc1. The number of hydrogen-bond acceptors (Lipinski definition) is 3. The Morgan fingerprint density at radius 2 is 2.00 bits per heavy atom. The standard InChI is InChI=1S/C13H15NO4/c15-12(9-4-2-1-3-5-9)14-8-10-6-7-11(18-10)13(16)17/h1-5,10-11H,6-8H2,(H,14,15)(H,16,17). The molecule has 1 fully saturated rings. The van der Waals surface area contributed by atoms with Gasteiger partial charge < -0.3 is 15.2 Å². The molecule has 1 saturated heterocycles. The first kappa shape index (κ1) is 12.6. The van der Waals surface area contributed by atoms with Crippen LogP contribution in [0.25, 0.3) is 0 Å². The van der Waals surface area contributed by atoms with Crippen LogP contribution in [0.5, 0.6) is 0 Å². The molecule has 0 bridgehead atoms. The van der Waals surface area contributed by atoms with Gasteiger partial charge >= 0.3 is 5.97 Å². The molecule has 1 amide bonds. The van der Waals surface area contributed by atoms with Crippen LogP contribution in [0, 0.1) is 0 Å². The van der Waals surface area contributed by atoms with Gasteiger partial charge in [0.15, 0.2) is 6.10 Å². The van der Waals surface area contributed by atoms with E-state index in [4.69, 9.17) is 9.84 Å². The number of carbonyl (C=O) groups excluding carboxylic acids is 1. The number of benzene rings is 1. The van der Waals surface area contributed by atoms with E-state index in [1.165, 1.54) is 0 Å². The average Bonchev–Trinajstić information content (AvgIpc) is 2.86. The van der Waals surface area contributed by atoms with Gasteiger partial charge in [0.25, 0.3) is 5.91 Å². The van der Waals surface area contributed by atoms with Crippen molar-refractivity contribution in [1.29, 1.82) is 0 Å². The van der Waals surface area contributed by atoms with Crippen LogP contribution in [-0.2, 0) is 9.53 Å². The summed E-state index contributed by atoms with van der Waals surface area (Å²) in [6, 6.07) is 8.88. The molecule has 2 unspecified atom stereocenters. The second-order valence-electron chi connectivity index (χ2n) is 4.24. The van der Waals surface area contributed by atoms with Crippen molar-refractivity contribution in [3.05, 3.63) is 35.9 Å². The number of amides is 1. The first-order valence-corrected chi connectivity index (χ1v) is 5.88. The maximum Gasteiger partial charge on any atom is 0.332 e. The van der Waals surface area contributed by atoms with Gasteiger partial charge in [0.1, 0.15) is 0 Å². The van der Waals surface area contributed by atoms with Gasteiger partial charge in [0, 0.05) is 12.1 Å². The minimum absolute atomic E-state index is 0.169. The zero-order valence-corrected chi connectivity index (χ0v) is 9.83. The van der Waals surface area contributed by atoms with Crippen molar-refractivity contribution in [2.24, 2.45) is 0 Å². The molecule has 18 heavy (non-hydrogen) atoms. The van der Waals surface area contributed by atoms with Gasteiger partial charge in [-0.15, -0.1) is 0 Å². The van der Waals surface area contributed by atoms with E-state index in [1.807, 2.05) is 6.07 Å². The van der Waals surface area contributed by atoms with E-state index in [1.54, 1.807) is 24.3 Å². The molecule has 96 valence electrons. The van der Waals surface area contributed by atoms with Crippen molar-refractivity contribution >= 4 is 11.9 Å². The van der Waals surface area contributed by atoms with Crippen LogP contribution in [0.3, 0.4) is 0 Å². The number of carboxylic acids is 1. The van der Waals surface area contributed by atoms with Gasteiger partial charge in [-0.3, -0.25) is 4.79 Å². The van der Waals surface area contributed by atoms with Crippen LogP contribution in [0.4, 0.5) is 0 Å². The summed E-state index contributed by atoms with van der Waals surface area (Å²) in [6.07, 6.45) is 0.218. The molecule has 0 aliphatic carbocycles. The molecule has 5 nitrogen and oxygen atoms in total. The number of rotatable bonds is 4. The summed E-state index contributed by atoms with van der Waals surface area (Å²) in [6.45, 7) is 0.345. The summed E-state index contributed by atoms with van der Waals surface area (Å²) >= 11 is 0. The summed E-state index contributed by atoms with van der Waals surface area (Å²) in [5, 5.41) is 11.5. The van der Waals surface area contributed by atoms with E-state index >= 15 is 0 Å². The molecule has 1 aliphatic heterocycles. The molecule has 1 heterocycles. The lowest BCUT2D eigenvalue weighted by molar-refractivity contribution is -0.149. The summed E-state index contributed by atoms with van der Waals surface area (Å²) in [5.41, 5.74) is 0.588. The first-order valence-electron chi connectivity index (χ1n) is 5.88. The van der Waals surface area contributed by atoms with E-state index in [0.717, 1.165) is 0 Å². The summed E-state index contributed by atoms with van der Waals surface area (Å²) in [5.74, 6) is -1.11. The van der Waals surface area contributed by atoms with Crippen molar-refractivity contribution in [2.45, 2.75) is 25.0 Å². The number of aliphatic carboxylic acids is 1. The lowest BCUT2D eigenvalue weighted by Crippen LogP contribution is -2.33. The largest absolute Gasteiger partial charge is 0.479 e. The Labute approximate surface area is 105 Å². The molecule has 5 heteroatoms. The highest BCUT2D eigenvalue weighted by molar-refractivity contribution is 5.94. The minimum atomic E-state index is -0.938. The van der Waals surface area contributed by atoms with Crippen LogP contribution < -0.4 is 5.32 Å². The lowest BCUT2D eigenvalue weighted by atomic mass is 10.2. The van der Waals surface area contributed by atoms with E-state index in [0.29, 0.717) is 24.9 Å². The number of carbonyl (C=O) groups is 2. The third-order valence-electron chi connectivity index (χ3n) is 2.91. The molecule has 2 rings (SSSR count). The van der Waals surface area contributed by atoms with Crippen LogP contribution in [0.1, 0.15) is 23.2 Å². The predicted molar refractivity (Wildman–Crippen MR) is 64.3 cm³/mol. The molecule has 2 N–H and O–H groups in total. The second-order valence-corrected chi connectivity index (χ2v) is 4.24. The van der Waals surface area contributed by atoms with E-state index in [9.17, 15) is 9.59 Å². The molecule has 0 saturated carbocycles.